The number of hydrogen-bond acceptors (Lipinski definition) is 3. The van der Waals surface area contributed by atoms with Gasteiger partial charge in [0.15, 0.2) is 5.78 Å². The lowest BCUT2D eigenvalue weighted by molar-refractivity contribution is 0.0942. The number of benzene rings is 1. The summed E-state index contributed by atoms with van der Waals surface area (Å²) >= 11 is 0. The third kappa shape index (κ3) is 1.77. The fourth-order valence-corrected chi connectivity index (χ4v) is 3.72. The number of piperidine rings is 1. The van der Waals surface area contributed by atoms with Crippen molar-refractivity contribution in [1.29, 1.82) is 0 Å². The zero-order valence-electron chi connectivity index (χ0n) is 11.4. The maximum Gasteiger partial charge on any atom is 0.167 e. The summed E-state index contributed by atoms with van der Waals surface area (Å²) in [7, 11) is 0. The summed E-state index contributed by atoms with van der Waals surface area (Å²) in [6.45, 7) is 2.12. The predicted octanol–water partition coefficient (Wildman–Crippen LogP) is 2.81. The molecule has 1 saturated heterocycles. The molecule has 3 heteroatoms. The lowest BCUT2D eigenvalue weighted by atomic mass is 9.88. The fraction of sp³-hybridized carbons (Fsp3) is 0.412. The lowest BCUT2D eigenvalue weighted by Gasteiger charge is -2.23. The first kappa shape index (κ1) is 12.0. The normalized spacial score (nSPS) is 23.9. The average molecular weight is 266 g/mol. The Morgan fingerprint density at radius 1 is 1.25 bits per heavy atom. The van der Waals surface area contributed by atoms with Gasteiger partial charge in [0.25, 0.3) is 0 Å². The van der Waals surface area contributed by atoms with Gasteiger partial charge in [0.1, 0.15) is 0 Å². The maximum atomic E-state index is 12.9. The SMILES string of the molecule is O=C(c1cccc2cnccc12)C1CC12CCNCC2. The Kier molecular flexibility index (Phi) is 2.64. The van der Waals surface area contributed by atoms with Gasteiger partial charge in [-0.3, -0.25) is 9.78 Å². The molecule has 2 heterocycles. The highest BCUT2D eigenvalue weighted by atomic mass is 16.1. The quantitative estimate of drug-likeness (QED) is 0.850. The zero-order chi connectivity index (χ0) is 13.6. The molecule has 1 atom stereocenters. The van der Waals surface area contributed by atoms with E-state index in [9.17, 15) is 4.79 Å². The van der Waals surface area contributed by atoms with Gasteiger partial charge in [-0.2, -0.15) is 0 Å². The molecule has 3 nitrogen and oxygen atoms in total. The van der Waals surface area contributed by atoms with Crippen LogP contribution in [-0.4, -0.2) is 23.9 Å². The third-order valence-corrected chi connectivity index (χ3v) is 5.05. The Labute approximate surface area is 118 Å². The maximum absolute atomic E-state index is 12.9. The number of nitrogens with one attached hydrogen (secondary N) is 1. The molecule has 1 aromatic carbocycles. The van der Waals surface area contributed by atoms with E-state index in [0.717, 1.165) is 48.7 Å². The standard InChI is InChI=1S/C17H18N2O/c20-16(15-10-17(15)5-8-18-9-6-17)14-3-1-2-12-11-19-7-4-13(12)14/h1-4,7,11,15,18H,5-6,8-10H2. The van der Waals surface area contributed by atoms with Crippen LogP contribution >= 0.6 is 0 Å². The number of carbonyl (C=O) groups is 1. The van der Waals surface area contributed by atoms with E-state index in [2.05, 4.69) is 10.3 Å². The minimum Gasteiger partial charge on any atom is -0.317 e. The molecule has 1 unspecified atom stereocenters. The van der Waals surface area contributed by atoms with Gasteiger partial charge in [-0.25, -0.2) is 0 Å². The molecule has 1 aliphatic carbocycles. The average Bonchev–Trinajstić information content (AvgIpc) is 3.20. The predicted molar refractivity (Wildman–Crippen MR) is 78.7 cm³/mol. The zero-order valence-corrected chi connectivity index (χ0v) is 11.4. The summed E-state index contributed by atoms with van der Waals surface area (Å²) in [6, 6.07) is 7.92. The van der Waals surface area contributed by atoms with Crippen molar-refractivity contribution in [3.8, 4) is 0 Å². The molecule has 0 bridgehead atoms. The first-order valence-electron chi connectivity index (χ1n) is 7.38. The van der Waals surface area contributed by atoms with Crippen LogP contribution in [0.1, 0.15) is 29.6 Å². The molecule has 2 fully saturated rings. The van der Waals surface area contributed by atoms with Gasteiger partial charge in [-0.1, -0.05) is 18.2 Å². The van der Waals surface area contributed by atoms with E-state index in [-0.39, 0.29) is 5.92 Å². The highest BCUT2D eigenvalue weighted by molar-refractivity contribution is 6.10. The highest BCUT2D eigenvalue weighted by Gasteiger charge is 2.57. The molecule has 20 heavy (non-hydrogen) atoms. The molecule has 1 saturated carbocycles. The first-order valence-corrected chi connectivity index (χ1v) is 7.38. The summed E-state index contributed by atoms with van der Waals surface area (Å²) in [4.78, 5) is 17.0. The van der Waals surface area contributed by atoms with Crippen LogP contribution in [0.3, 0.4) is 0 Å². The van der Waals surface area contributed by atoms with E-state index in [1.165, 1.54) is 0 Å². The van der Waals surface area contributed by atoms with Crippen molar-refractivity contribution >= 4 is 16.6 Å². The Morgan fingerprint density at radius 3 is 2.95 bits per heavy atom. The topological polar surface area (TPSA) is 42.0 Å². The largest absolute Gasteiger partial charge is 0.317 e. The number of rotatable bonds is 2. The molecular weight excluding hydrogens is 248 g/mol. The molecule has 102 valence electrons. The molecule has 1 N–H and O–H groups in total. The van der Waals surface area contributed by atoms with Crippen molar-refractivity contribution in [2.75, 3.05) is 13.1 Å². The number of carbonyl (C=O) groups excluding carboxylic acids is 1. The van der Waals surface area contributed by atoms with Crippen molar-refractivity contribution in [2.45, 2.75) is 19.3 Å². The Hall–Kier alpha value is -1.74. The Balaban J connectivity index is 1.68. The summed E-state index contributed by atoms with van der Waals surface area (Å²) in [5, 5.41) is 5.49. The van der Waals surface area contributed by atoms with Crippen LogP contribution in [0.2, 0.25) is 0 Å². The molecule has 1 aliphatic heterocycles. The van der Waals surface area contributed by atoms with Crippen LogP contribution in [0.15, 0.2) is 36.7 Å². The van der Waals surface area contributed by atoms with Gasteiger partial charge >= 0.3 is 0 Å². The number of pyridine rings is 1. The van der Waals surface area contributed by atoms with Crippen molar-refractivity contribution in [3.05, 3.63) is 42.2 Å². The van der Waals surface area contributed by atoms with Gasteiger partial charge < -0.3 is 5.32 Å². The number of aromatic nitrogens is 1. The minimum atomic E-state index is 0.239. The summed E-state index contributed by atoms with van der Waals surface area (Å²) < 4.78 is 0. The lowest BCUT2D eigenvalue weighted by Crippen LogP contribution is -2.30. The molecule has 2 aliphatic rings. The van der Waals surface area contributed by atoms with Crippen LogP contribution in [0.5, 0.6) is 0 Å². The summed E-state index contributed by atoms with van der Waals surface area (Å²) in [5.41, 5.74) is 1.18. The highest BCUT2D eigenvalue weighted by Crippen LogP contribution is 2.59. The van der Waals surface area contributed by atoms with E-state index >= 15 is 0 Å². The fourth-order valence-electron chi connectivity index (χ4n) is 3.72. The summed E-state index contributed by atoms with van der Waals surface area (Å²) in [5.74, 6) is 0.576. The van der Waals surface area contributed by atoms with Gasteiger partial charge in [0, 0.05) is 29.3 Å². The smallest absolute Gasteiger partial charge is 0.167 e. The van der Waals surface area contributed by atoms with Crippen LogP contribution in [0.25, 0.3) is 10.8 Å². The van der Waals surface area contributed by atoms with Gasteiger partial charge in [0.2, 0.25) is 0 Å². The van der Waals surface area contributed by atoms with Crippen LogP contribution in [0.4, 0.5) is 0 Å². The van der Waals surface area contributed by atoms with Crippen LogP contribution in [-0.2, 0) is 0 Å². The van der Waals surface area contributed by atoms with Gasteiger partial charge in [-0.05, 0) is 49.2 Å². The number of fused-ring (bicyclic) bond motifs is 1. The second kappa shape index (κ2) is 4.38. The molecule has 0 radical (unpaired) electrons. The van der Waals surface area contributed by atoms with E-state index in [0.29, 0.717) is 11.2 Å². The molecule has 0 amide bonds. The number of ketones is 1. The van der Waals surface area contributed by atoms with Crippen molar-refractivity contribution in [1.82, 2.24) is 10.3 Å². The number of nitrogens with zero attached hydrogens (tertiary/aromatic N) is 1. The van der Waals surface area contributed by atoms with E-state index < -0.39 is 0 Å². The second-order valence-corrected chi connectivity index (χ2v) is 6.14. The van der Waals surface area contributed by atoms with Gasteiger partial charge in [-0.15, -0.1) is 0 Å². The number of hydrogen-bond donors (Lipinski definition) is 1. The van der Waals surface area contributed by atoms with E-state index in [1.807, 2.05) is 30.5 Å². The molecule has 2 aromatic rings. The third-order valence-electron chi connectivity index (χ3n) is 5.05. The van der Waals surface area contributed by atoms with E-state index in [4.69, 9.17) is 0 Å². The first-order chi connectivity index (χ1) is 9.80. The molecule has 1 aromatic heterocycles. The summed E-state index contributed by atoms with van der Waals surface area (Å²) in [6.07, 6.45) is 6.98. The second-order valence-electron chi connectivity index (χ2n) is 6.14. The van der Waals surface area contributed by atoms with E-state index in [1.54, 1.807) is 6.20 Å². The minimum absolute atomic E-state index is 0.239. The van der Waals surface area contributed by atoms with Crippen molar-refractivity contribution in [3.63, 3.8) is 0 Å². The molecular formula is C17H18N2O. The monoisotopic (exact) mass is 266 g/mol. The van der Waals surface area contributed by atoms with Crippen LogP contribution < -0.4 is 5.32 Å². The van der Waals surface area contributed by atoms with Gasteiger partial charge in [0.05, 0.1) is 0 Å². The van der Waals surface area contributed by atoms with Crippen LogP contribution in [0, 0.1) is 11.3 Å². The molecule has 4 rings (SSSR count). The Morgan fingerprint density at radius 2 is 2.10 bits per heavy atom. The van der Waals surface area contributed by atoms with Crippen molar-refractivity contribution < 1.29 is 4.79 Å². The number of Topliss-reactive ketones (excluding diaryl/α,β-unsaturated/α-hetero) is 1. The molecule has 1 spiro atoms. The Bertz CT molecular complexity index is 668. The van der Waals surface area contributed by atoms with Crippen molar-refractivity contribution in [2.24, 2.45) is 11.3 Å².